The number of halogens is 1. The molecule has 27 heavy (non-hydrogen) atoms. The Morgan fingerprint density at radius 3 is 2.93 bits per heavy atom. The van der Waals surface area contributed by atoms with Gasteiger partial charge in [0.1, 0.15) is 18.2 Å². The second kappa shape index (κ2) is 8.35. The van der Waals surface area contributed by atoms with Gasteiger partial charge in [0.2, 0.25) is 0 Å². The Labute approximate surface area is 161 Å². The van der Waals surface area contributed by atoms with Crippen LogP contribution in [0, 0.1) is 12.7 Å². The smallest absolute Gasteiger partial charge is 0.261 e. The van der Waals surface area contributed by atoms with E-state index >= 15 is 0 Å². The molecule has 0 saturated carbocycles. The van der Waals surface area contributed by atoms with Gasteiger partial charge in [-0.3, -0.25) is 9.48 Å². The SMILES string of the molecule is CCn1ncc(C(C)NC(=O)c2cc(COc3cccc(F)c3)cs2)c1C. The van der Waals surface area contributed by atoms with Gasteiger partial charge in [0.05, 0.1) is 17.1 Å². The van der Waals surface area contributed by atoms with Gasteiger partial charge in [0.25, 0.3) is 5.91 Å². The third-order valence-electron chi connectivity index (χ3n) is 4.33. The number of nitrogens with one attached hydrogen (secondary N) is 1. The summed E-state index contributed by atoms with van der Waals surface area (Å²) in [7, 11) is 0. The number of aromatic nitrogens is 2. The lowest BCUT2D eigenvalue weighted by Gasteiger charge is -2.13. The van der Waals surface area contributed by atoms with Gasteiger partial charge in [-0.05, 0) is 44.4 Å². The van der Waals surface area contributed by atoms with E-state index in [1.165, 1.54) is 23.5 Å². The third-order valence-corrected chi connectivity index (χ3v) is 5.31. The number of nitrogens with zero attached hydrogens (tertiary/aromatic N) is 2. The van der Waals surface area contributed by atoms with Gasteiger partial charge in [0.15, 0.2) is 0 Å². The Morgan fingerprint density at radius 1 is 1.41 bits per heavy atom. The summed E-state index contributed by atoms with van der Waals surface area (Å²) in [6.07, 6.45) is 1.80. The minimum atomic E-state index is -0.339. The van der Waals surface area contributed by atoms with Gasteiger partial charge in [-0.25, -0.2) is 4.39 Å². The number of amides is 1. The molecule has 1 aromatic carbocycles. The molecular formula is C20H22FN3O2S. The molecule has 142 valence electrons. The molecule has 3 aromatic rings. The Balaban J connectivity index is 1.60. The summed E-state index contributed by atoms with van der Waals surface area (Å²) >= 11 is 1.36. The van der Waals surface area contributed by atoms with E-state index in [0.29, 0.717) is 10.6 Å². The van der Waals surface area contributed by atoms with Crippen molar-refractivity contribution in [3.8, 4) is 5.75 Å². The van der Waals surface area contributed by atoms with Crippen LogP contribution in [-0.4, -0.2) is 15.7 Å². The van der Waals surface area contributed by atoms with E-state index in [4.69, 9.17) is 4.74 Å². The van der Waals surface area contributed by atoms with E-state index in [1.807, 2.05) is 30.8 Å². The van der Waals surface area contributed by atoms with Gasteiger partial charge in [0, 0.05) is 29.4 Å². The lowest BCUT2D eigenvalue weighted by atomic mass is 10.1. The molecule has 7 heteroatoms. The molecule has 0 aliphatic heterocycles. The topological polar surface area (TPSA) is 56.2 Å². The van der Waals surface area contributed by atoms with E-state index in [9.17, 15) is 9.18 Å². The normalized spacial score (nSPS) is 12.0. The summed E-state index contributed by atoms with van der Waals surface area (Å²) < 4.78 is 20.7. The van der Waals surface area contributed by atoms with Crippen LogP contribution in [0.25, 0.3) is 0 Å². The highest BCUT2D eigenvalue weighted by Gasteiger charge is 2.17. The van der Waals surface area contributed by atoms with Gasteiger partial charge < -0.3 is 10.1 Å². The highest BCUT2D eigenvalue weighted by atomic mass is 32.1. The highest BCUT2D eigenvalue weighted by Crippen LogP contribution is 2.21. The van der Waals surface area contributed by atoms with Crippen molar-refractivity contribution in [1.29, 1.82) is 0 Å². The van der Waals surface area contributed by atoms with Gasteiger partial charge in [-0.2, -0.15) is 5.10 Å². The number of aryl methyl sites for hydroxylation is 1. The van der Waals surface area contributed by atoms with Gasteiger partial charge >= 0.3 is 0 Å². The first-order chi connectivity index (χ1) is 13.0. The van der Waals surface area contributed by atoms with Crippen LogP contribution in [0.4, 0.5) is 4.39 Å². The van der Waals surface area contributed by atoms with Crippen molar-refractivity contribution >= 4 is 17.2 Å². The zero-order chi connectivity index (χ0) is 19.4. The maximum Gasteiger partial charge on any atom is 0.261 e. The molecule has 1 N–H and O–H groups in total. The second-order valence-electron chi connectivity index (χ2n) is 6.26. The van der Waals surface area contributed by atoms with Gasteiger partial charge in [-0.1, -0.05) is 6.07 Å². The molecule has 0 bridgehead atoms. The molecule has 0 saturated heterocycles. The largest absolute Gasteiger partial charge is 0.489 e. The van der Waals surface area contributed by atoms with Crippen LogP contribution < -0.4 is 10.1 Å². The number of hydrogen-bond acceptors (Lipinski definition) is 4. The zero-order valence-corrected chi connectivity index (χ0v) is 16.3. The van der Waals surface area contributed by atoms with Crippen molar-refractivity contribution in [2.45, 2.75) is 40.0 Å². The number of benzene rings is 1. The first kappa shape index (κ1) is 19.1. The van der Waals surface area contributed by atoms with Gasteiger partial charge in [-0.15, -0.1) is 11.3 Å². The summed E-state index contributed by atoms with van der Waals surface area (Å²) in [6, 6.07) is 7.67. The van der Waals surface area contributed by atoms with Crippen molar-refractivity contribution in [3.63, 3.8) is 0 Å². The van der Waals surface area contributed by atoms with Crippen LogP contribution in [0.2, 0.25) is 0 Å². The van der Waals surface area contributed by atoms with E-state index < -0.39 is 0 Å². The van der Waals surface area contributed by atoms with Crippen molar-refractivity contribution in [2.75, 3.05) is 0 Å². The van der Waals surface area contributed by atoms with Crippen LogP contribution in [0.3, 0.4) is 0 Å². The molecule has 1 unspecified atom stereocenters. The third kappa shape index (κ3) is 4.54. The predicted molar refractivity (Wildman–Crippen MR) is 104 cm³/mol. The van der Waals surface area contributed by atoms with Crippen LogP contribution >= 0.6 is 11.3 Å². The summed E-state index contributed by atoms with van der Waals surface area (Å²) in [5.41, 5.74) is 2.94. The van der Waals surface area contributed by atoms with Crippen LogP contribution in [-0.2, 0) is 13.2 Å². The molecular weight excluding hydrogens is 365 g/mol. The van der Waals surface area contributed by atoms with Crippen molar-refractivity contribution < 1.29 is 13.9 Å². The molecule has 2 heterocycles. The lowest BCUT2D eigenvalue weighted by molar-refractivity contribution is 0.0944. The number of carbonyl (C=O) groups is 1. The zero-order valence-electron chi connectivity index (χ0n) is 15.5. The number of hydrogen-bond donors (Lipinski definition) is 1. The fourth-order valence-corrected chi connectivity index (χ4v) is 3.64. The fraction of sp³-hybridized carbons (Fsp3) is 0.300. The first-order valence-electron chi connectivity index (χ1n) is 8.77. The molecule has 3 rings (SSSR count). The average molecular weight is 387 g/mol. The molecule has 0 fully saturated rings. The number of ether oxygens (including phenoxy) is 1. The molecule has 0 radical (unpaired) electrons. The standard InChI is InChI=1S/C20H22FN3O2S/c1-4-24-14(3)18(10-22-24)13(2)23-20(25)19-8-15(12-27-19)11-26-17-7-5-6-16(21)9-17/h5-10,12-13H,4,11H2,1-3H3,(H,23,25). The van der Waals surface area contributed by atoms with Crippen molar-refractivity contribution in [1.82, 2.24) is 15.1 Å². The number of thiophene rings is 1. The van der Waals surface area contributed by atoms with E-state index in [0.717, 1.165) is 23.4 Å². The predicted octanol–water partition coefficient (Wildman–Crippen LogP) is 4.48. The monoisotopic (exact) mass is 387 g/mol. The quantitative estimate of drug-likeness (QED) is 0.650. The highest BCUT2D eigenvalue weighted by molar-refractivity contribution is 7.12. The maximum atomic E-state index is 13.2. The maximum absolute atomic E-state index is 13.2. The number of rotatable bonds is 7. The molecule has 1 amide bonds. The van der Waals surface area contributed by atoms with Crippen molar-refractivity contribution in [2.24, 2.45) is 0 Å². The van der Waals surface area contributed by atoms with E-state index in [-0.39, 0.29) is 24.4 Å². The molecule has 0 spiro atoms. The molecule has 2 aromatic heterocycles. The summed E-state index contributed by atoms with van der Waals surface area (Å²) in [4.78, 5) is 13.1. The first-order valence-corrected chi connectivity index (χ1v) is 9.64. The molecule has 0 aliphatic rings. The Bertz CT molecular complexity index is 935. The average Bonchev–Trinajstić information content (AvgIpc) is 3.26. The summed E-state index contributed by atoms with van der Waals surface area (Å²) in [5.74, 6) is -0.00838. The van der Waals surface area contributed by atoms with Crippen LogP contribution in [0.1, 0.15) is 46.4 Å². The molecule has 1 atom stereocenters. The van der Waals surface area contributed by atoms with E-state index in [2.05, 4.69) is 10.4 Å². The fourth-order valence-electron chi connectivity index (χ4n) is 2.84. The minimum absolute atomic E-state index is 0.131. The van der Waals surface area contributed by atoms with Crippen molar-refractivity contribution in [3.05, 3.63) is 69.4 Å². The second-order valence-corrected chi connectivity index (χ2v) is 7.17. The van der Waals surface area contributed by atoms with E-state index in [1.54, 1.807) is 24.4 Å². The van der Waals surface area contributed by atoms with Crippen LogP contribution in [0.15, 0.2) is 41.9 Å². The Kier molecular flexibility index (Phi) is 5.91. The molecule has 0 aliphatic carbocycles. The lowest BCUT2D eigenvalue weighted by Crippen LogP contribution is -2.26. The molecule has 5 nitrogen and oxygen atoms in total. The van der Waals surface area contributed by atoms with Crippen LogP contribution in [0.5, 0.6) is 5.75 Å². The Hall–Kier alpha value is -2.67. The minimum Gasteiger partial charge on any atom is -0.489 e. The summed E-state index contributed by atoms with van der Waals surface area (Å²) in [6.45, 7) is 7.06. The summed E-state index contributed by atoms with van der Waals surface area (Å²) in [5, 5.41) is 9.21. The Morgan fingerprint density at radius 2 is 2.22 bits per heavy atom. The number of carbonyl (C=O) groups excluding carboxylic acids is 1.